The van der Waals surface area contributed by atoms with Gasteiger partial charge in [0.15, 0.2) is 6.29 Å². The van der Waals surface area contributed by atoms with Crippen molar-refractivity contribution in [3.8, 4) is 0 Å². The van der Waals surface area contributed by atoms with Crippen LogP contribution in [0.2, 0.25) is 0 Å². The van der Waals surface area contributed by atoms with E-state index in [0.717, 1.165) is 42.5 Å². The van der Waals surface area contributed by atoms with E-state index in [0.29, 0.717) is 44.5 Å². The highest BCUT2D eigenvalue weighted by molar-refractivity contribution is 5.90. The van der Waals surface area contributed by atoms with Gasteiger partial charge in [-0.2, -0.15) is 0 Å². The number of carbonyl (C=O) groups is 2. The number of likely N-dealkylation sites (tertiary alicyclic amines) is 1. The third-order valence-corrected chi connectivity index (χ3v) is 7.45. The summed E-state index contributed by atoms with van der Waals surface area (Å²) in [5, 5.41) is 30.9. The van der Waals surface area contributed by atoms with Gasteiger partial charge in [0.1, 0.15) is 0 Å². The van der Waals surface area contributed by atoms with Crippen LogP contribution in [0.4, 0.5) is 5.69 Å². The Hall–Kier alpha value is -2.86. The number of rotatable bonds is 13. The molecule has 0 aliphatic carbocycles. The Labute approximate surface area is 235 Å². The minimum Gasteiger partial charge on any atom is -0.392 e. The zero-order valence-corrected chi connectivity index (χ0v) is 22.8. The second-order valence-corrected chi connectivity index (χ2v) is 10.7. The van der Waals surface area contributed by atoms with E-state index in [2.05, 4.69) is 10.2 Å². The van der Waals surface area contributed by atoms with Crippen molar-refractivity contribution < 1.29 is 34.5 Å². The van der Waals surface area contributed by atoms with E-state index < -0.39 is 12.2 Å². The van der Waals surface area contributed by atoms with E-state index in [4.69, 9.17) is 14.7 Å². The van der Waals surface area contributed by atoms with Gasteiger partial charge in [0.05, 0.1) is 24.9 Å². The zero-order valence-electron chi connectivity index (χ0n) is 22.8. The average Bonchev–Trinajstić information content (AvgIpc) is 3.38. The summed E-state index contributed by atoms with van der Waals surface area (Å²) in [5.41, 5.74) is 4.95. The zero-order chi connectivity index (χ0) is 28.3. The normalized spacial score (nSPS) is 23.2. The van der Waals surface area contributed by atoms with Gasteiger partial charge in [-0.25, -0.2) is 5.48 Å². The predicted molar refractivity (Wildman–Crippen MR) is 148 cm³/mol. The summed E-state index contributed by atoms with van der Waals surface area (Å²) in [5.74, 6) is -0.473. The lowest BCUT2D eigenvalue weighted by molar-refractivity contribution is -0.252. The molecule has 2 aromatic rings. The van der Waals surface area contributed by atoms with E-state index in [1.165, 1.54) is 0 Å². The standard InChI is InChI=1S/C30H41N3O7/c34-20-21-10-12-22(13-11-21)27-17-26(19-33-15-14-25(35)18-33)39-30(40-27)23-6-5-7-24(16-23)31-28(36)8-3-1-2-4-9-29(37)32-38/h5-7,10-13,16,25-27,30,34-35,38H,1-4,8-9,14-15,17-20H2,(H,31,36)(H,32,37). The number of anilines is 1. The van der Waals surface area contributed by atoms with Crippen molar-refractivity contribution in [2.24, 2.45) is 0 Å². The van der Waals surface area contributed by atoms with Gasteiger partial charge in [0, 0.05) is 50.1 Å². The van der Waals surface area contributed by atoms with E-state index >= 15 is 0 Å². The summed E-state index contributed by atoms with van der Waals surface area (Å²) < 4.78 is 12.8. The third kappa shape index (κ3) is 9.09. The van der Waals surface area contributed by atoms with Crippen LogP contribution in [0.3, 0.4) is 0 Å². The van der Waals surface area contributed by atoms with Crippen LogP contribution in [0.15, 0.2) is 48.5 Å². The first kappa shape index (κ1) is 30.1. The van der Waals surface area contributed by atoms with Crippen molar-refractivity contribution in [1.82, 2.24) is 10.4 Å². The number of ether oxygens (including phenoxy) is 2. The molecule has 4 atom stereocenters. The second-order valence-electron chi connectivity index (χ2n) is 10.7. The topological polar surface area (TPSA) is 141 Å². The van der Waals surface area contributed by atoms with Crippen LogP contribution >= 0.6 is 0 Å². The number of hydroxylamine groups is 1. The number of amides is 2. The Balaban J connectivity index is 1.36. The number of nitrogens with zero attached hydrogens (tertiary/aromatic N) is 1. The molecule has 2 aliphatic rings. The highest BCUT2D eigenvalue weighted by Gasteiger charge is 2.34. The Kier molecular flexibility index (Phi) is 11.5. The maximum Gasteiger partial charge on any atom is 0.243 e. The van der Waals surface area contributed by atoms with Gasteiger partial charge in [-0.15, -0.1) is 0 Å². The summed E-state index contributed by atoms with van der Waals surface area (Å²) >= 11 is 0. The molecule has 5 N–H and O–H groups in total. The highest BCUT2D eigenvalue weighted by Crippen LogP contribution is 2.39. The molecular weight excluding hydrogens is 514 g/mol. The van der Waals surface area contributed by atoms with Crippen LogP contribution < -0.4 is 10.8 Å². The average molecular weight is 556 g/mol. The van der Waals surface area contributed by atoms with Crippen molar-refractivity contribution in [2.75, 3.05) is 25.0 Å². The molecule has 0 spiro atoms. The Morgan fingerprint density at radius 1 is 0.950 bits per heavy atom. The van der Waals surface area contributed by atoms with Gasteiger partial charge >= 0.3 is 0 Å². The van der Waals surface area contributed by atoms with Crippen molar-refractivity contribution in [1.29, 1.82) is 0 Å². The molecule has 0 radical (unpaired) electrons. The first-order chi connectivity index (χ1) is 19.4. The monoisotopic (exact) mass is 555 g/mol. The SMILES string of the molecule is O=C(CCCCCCC(=O)Nc1cccc(C2OC(CN3CCC(O)C3)CC(c3ccc(CO)cc3)O2)c1)NO. The third-order valence-electron chi connectivity index (χ3n) is 7.45. The molecule has 2 fully saturated rings. The largest absolute Gasteiger partial charge is 0.392 e. The van der Waals surface area contributed by atoms with Crippen molar-refractivity contribution in [3.05, 3.63) is 65.2 Å². The molecular formula is C30H41N3O7. The summed E-state index contributed by atoms with van der Waals surface area (Å²) in [6.07, 6.45) is 3.88. The van der Waals surface area contributed by atoms with Crippen LogP contribution in [-0.2, 0) is 25.7 Å². The fourth-order valence-corrected chi connectivity index (χ4v) is 5.27. The first-order valence-corrected chi connectivity index (χ1v) is 14.2. The van der Waals surface area contributed by atoms with E-state index in [9.17, 15) is 19.8 Å². The van der Waals surface area contributed by atoms with Crippen LogP contribution in [-0.4, -0.2) is 64.0 Å². The van der Waals surface area contributed by atoms with Crippen LogP contribution in [0.25, 0.3) is 0 Å². The molecule has 2 aromatic carbocycles. The van der Waals surface area contributed by atoms with Gasteiger partial charge in [0.2, 0.25) is 11.8 Å². The molecule has 0 saturated carbocycles. The minimum absolute atomic E-state index is 0.0146. The lowest BCUT2D eigenvalue weighted by Gasteiger charge is -2.38. The van der Waals surface area contributed by atoms with Crippen molar-refractivity contribution >= 4 is 17.5 Å². The number of nitrogens with one attached hydrogen (secondary N) is 2. The van der Waals surface area contributed by atoms with Gasteiger partial charge < -0.3 is 25.0 Å². The number of aliphatic hydroxyl groups excluding tert-OH is 2. The molecule has 2 saturated heterocycles. The highest BCUT2D eigenvalue weighted by atomic mass is 16.7. The Bertz CT molecular complexity index is 1100. The number of carbonyl (C=O) groups excluding carboxylic acids is 2. The maximum absolute atomic E-state index is 12.5. The number of hydrogen-bond acceptors (Lipinski definition) is 8. The number of unbranched alkanes of at least 4 members (excludes halogenated alkanes) is 3. The van der Waals surface area contributed by atoms with E-state index in [-0.39, 0.29) is 37.2 Å². The quantitative estimate of drug-likeness (QED) is 0.144. The van der Waals surface area contributed by atoms with Crippen molar-refractivity contribution in [2.45, 2.75) is 82.6 Å². The summed E-state index contributed by atoms with van der Waals surface area (Å²) in [4.78, 5) is 25.8. The minimum atomic E-state index is -0.623. The van der Waals surface area contributed by atoms with Gasteiger partial charge in [0.25, 0.3) is 0 Å². The molecule has 4 unspecified atom stereocenters. The van der Waals surface area contributed by atoms with Crippen LogP contribution in [0.5, 0.6) is 0 Å². The molecule has 2 heterocycles. The van der Waals surface area contributed by atoms with Crippen LogP contribution in [0, 0.1) is 0 Å². The van der Waals surface area contributed by atoms with E-state index in [1.54, 1.807) is 5.48 Å². The molecule has 2 amide bonds. The lowest BCUT2D eigenvalue weighted by atomic mass is 9.99. The lowest BCUT2D eigenvalue weighted by Crippen LogP contribution is -2.38. The van der Waals surface area contributed by atoms with Gasteiger partial charge in [-0.1, -0.05) is 49.2 Å². The van der Waals surface area contributed by atoms with E-state index in [1.807, 2.05) is 48.5 Å². The number of aliphatic hydroxyl groups is 2. The number of hydrogen-bond donors (Lipinski definition) is 5. The fraction of sp³-hybridized carbons (Fsp3) is 0.533. The predicted octanol–water partition coefficient (Wildman–Crippen LogP) is 3.58. The Morgan fingerprint density at radius 2 is 1.70 bits per heavy atom. The Morgan fingerprint density at radius 3 is 2.38 bits per heavy atom. The first-order valence-electron chi connectivity index (χ1n) is 14.2. The maximum atomic E-state index is 12.5. The molecule has 218 valence electrons. The molecule has 4 rings (SSSR count). The smallest absolute Gasteiger partial charge is 0.243 e. The molecule has 0 bridgehead atoms. The molecule has 0 aromatic heterocycles. The molecule has 10 nitrogen and oxygen atoms in total. The molecule has 10 heteroatoms. The number of benzene rings is 2. The fourth-order valence-electron chi connectivity index (χ4n) is 5.27. The summed E-state index contributed by atoms with van der Waals surface area (Å²) in [6.45, 7) is 2.16. The van der Waals surface area contributed by atoms with Crippen LogP contribution in [0.1, 0.15) is 80.5 Å². The van der Waals surface area contributed by atoms with Gasteiger partial charge in [-0.05, 0) is 42.5 Å². The summed E-state index contributed by atoms with van der Waals surface area (Å²) in [7, 11) is 0. The molecule has 40 heavy (non-hydrogen) atoms. The second kappa shape index (κ2) is 15.2. The number of β-amino-alcohol motifs (C(OH)–C–C–N with tert-alkyl or cyclic N) is 1. The molecule has 2 aliphatic heterocycles. The summed E-state index contributed by atoms with van der Waals surface area (Å²) in [6, 6.07) is 15.3. The van der Waals surface area contributed by atoms with Crippen molar-refractivity contribution in [3.63, 3.8) is 0 Å². The van der Waals surface area contributed by atoms with Gasteiger partial charge in [-0.3, -0.25) is 19.7 Å².